The lowest BCUT2D eigenvalue weighted by Gasteiger charge is -2.15. The molecule has 1 aromatic heterocycles. The number of carbonyl (C=O) groups excluding carboxylic acids is 1. The molecule has 5 heteroatoms. The van der Waals surface area contributed by atoms with E-state index in [-0.39, 0.29) is 5.91 Å². The molecule has 0 saturated carbocycles. The topological polar surface area (TPSA) is 56.2 Å². The Morgan fingerprint density at radius 2 is 2.15 bits per heavy atom. The Kier molecular flexibility index (Phi) is 4.76. The van der Waals surface area contributed by atoms with Gasteiger partial charge in [0.05, 0.1) is 0 Å². The summed E-state index contributed by atoms with van der Waals surface area (Å²) in [5, 5.41) is 2.86. The molecule has 1 N–H and O–H groups in total. The highest BCUT2D eigenvalue weighted by Gasteiger charge is 2.13. The third-order valence-electron chi connectivity index (χ3n) is 3.00. The van der Waals surface area contributed by atoms with E-state index in [1.165, 1.54) is 0 Å². The molecule has 106 valence electrons. The van der Waals surface area contributed by atoms with E-state index in [0.29, 0.717) is 18.8 Å². The van der Waals surface area contributed by atoms with Gasteiger partial charge >= 0.3 is 0 Å². The van der Waals surface area contributed by atoms with E-state index in [1.807, 2.05) is 48.0 Å². The highest BCUT2D eigenvalue weighted by molar-refractivity contribution is 5.80. The Hall–Kier alpha value is -2.30. The molecule has 0 saturated heterocycles. The van der Waals surface area contributed by atoms with Gasteiger partial charge in [0.1, 0.15) is 11.6 Å². The van der Waals surface area contributed by atoms with E-state index in [0.717, 1.165) is 5.82 Å². The van der Waals surface area contributed by atoms with Crippen LogP contribution >= 0.6 is 0 Å². The summed E-state index contributed by atoms with van der Waals surface area (Å²) in [6, 6.07) is 9.33. The first-order chi connectivity index (χ1) is 9.66. The molecular weight excluding hydrogens is 254 g/mol. The van der Waals surface area contributed by atoms with Crippen LogP contribution in [0.2, 0.25) is 0 Å². The predicted molar refractivity (Wildman–Crippen MR) is 76.5 cm³/mol. The zero-order valence-electron chi connectivity index (χ0n) is 11.7. The molecule has 1 heterocycles. The lowest BCUT2D eigenvalue weighted by molar-refractivity contribution is -0.127. The maximum Gasteiger partial charge on any atom is 0.260 e. The van der Waals surface area contributed by atoms with Crippen LogP contribution in [-0.4, -0.2) is 28.1 Å². The normalized spacial score (nSPS) is 11.9. The van der Waals surface area contributed by atoms with Gasteiger partial charge in [0.25, 0.3) is 5.91 Å². The third-order valence-corrected chi connectivity index (χ3v) is 3.00. The summed E-state index contributed by atoms with van der Waals surface area (Å²) < 4.78 is 7.55. The molecule has 0 unspecified atom stereocenters. The van der Waals surface area contributed by atoms with E-state index in [2.05, 4.69) is 10.3 Å². The molecule has 2 aromatic rings. The first kappa shape index (κ1) is 14.1. The smallest absolute Gasteiger partial charge is 0.260 e. The summed E-state index contributed by atoms with van der Waals surface area (Å²) in [6.45, 7) is 4.93. The van der Waals surface area contributed by atoms with Crippen molar-refractivity contribution >= 4 is 5.91 Å². The zero-order chi connectivity index (χ0) is 14.4. The van der Waals surface area contributed by atoms with E-state index in [1.54, 1.807) is 13.1 Å². The van der Waals surface area contributed by atoms with Crippen LogP contribution in [0.3, 0.4) is 0 Å². The minimum absolute atomic E-state index is 0.119. The predicted octanol–water partition coefficient (Wildman–Crippen LogP) is 1.78. The van der Waals surface area contributed by atoms with Crippen LogP contribution in [0.5, 0.6) is 5.75 Å². The number of imidazole rings is 1. The summed E-state index contributed by atoms with van der Waals surface area (Å²) in [5.41, 5.74) is 0. The lowest BCUT2D eigenvalue weighted by Crippen LogP contribution is -2.37. The Balaban J connectivity index is 1.76. The molecule has 1 atom stereocenters. The van der Waals surface area contributed by atoms with Crippen molar-refractivity contribution in [3.05, 3.63) is 48.5 Å². The van der Waals surface area contributed by atoms with Crippen LogP contribution in [0.1, 0.15) is 12.7 Å². The molecule has 0 aliphatic rings. The molecule has 20 heavy (non-hydrogen) atoms. The number of rotatable bonds is 6. The molecule has 1 aromatic carbocycles. The van der Waals surface area contributed by atoms with Crippen LogP contribution in [0.25, 0.3) is 0 Å². The summed E-state index contributed by atoms with van der Waals surface area (Å²) in [5.74, 6) is 1.51. The summed E-state index contributed by atoms with van der Waals surface area (Å²) in [6.07, 6.45) is 3.13. The fraction of sp³-hybridized carbons (Fsp3) is 0.333. The van der Waals surface area contributed by atoms with Crippen LogP contribution in [-0.2, 0) is 11.3 Å². The number of para-hydroxylation sites is 1. The Morgan fingerprint density at radius 3 is 2.80 bits per heavy atom. The monoisotopic (exact) mass is 273 g/mol. The number of benzene rings is 1. The summed E-state index contributed by atoms with van der Waals surface area (Å²) in [4.78, 5) is 16.0. The molecule has 0 aliphatic heterocycles. The van der Waals surface area contributed by atoms with Crippen molar-refractivity contribution in [3.63, 3.8) is 0 Å². The van der Waals surface area contributed by atoms with Crippen molar-refractivity contribution in [2.24, 2.45) is 0 Å². The second-order valence-electron chi connectivity index (χ2n) is 4.53. The van der Waals surface area contributed by atoms with Crippen molar-refractivity contribution in [1.29, 1.82) is 0 Å². The second-order valence-corrected chi connectivity index (χ2v) is 4.53. The summed E-state index contributed by atoms with van der Waals surface area (Å²) in [7, 11) is 0. The Labute approximate surface area is 118 Å². The summed E-state index contributed by atoms with van der Waals surface area (Å²) >= 11 is 0. The number of aryl methyl sites for hydroxylation is 1. The first-order valence-electron chi connectivity index (χ1n) is 6.64. The van der Waals surface area contributed by atoms with Gasteiger partial charge in [0.2, 0.25) is 0 Å². The van der Waals surface area contributed by atoms with E-state index in [4.69, 9.17) is 4.74 Å². The highest BCUT2D eigenvalue weighted by atomic mass is 16.5. The van der Waals surface area contributed by atoms with Gasteiger partial charge in [0, 0.05) is 25.5 Å². The minimum Gasteiger partial charge on any atom is -0.481 e. The maximum atomic E-state index is 11.9. The fourth-order valence-corrected chi connectivity index (χ4v) is 1.84. The molecule has 5 nitrogen and oxygen atoms in total. The molecule has 0 fully saturated rings. The van der Waals surface area contributed by atoms with E-state index >= 15 is 0 Å². The van der Waals surface area contributed by atoms with Gasteiger partial charge in [-0.2, -0.15) is 0 Å². The number of hydrogen-bond donors (Lipinski definition) is 1. The quantitative estimate of drug-likeness (QED) is 0.872. The van der Waals surface area contributed by atoms with Gasteiger partial charge in [0.15, 0.2) is 6.10 Å². The number of nitrogens with zero attached hydrogens (tertiary/aromatic N) is 2. The highest BCUT2D eigenvalue weighted by Crippen LogP contribution is 2.10. The number of aromatic nitrogens is 2. The largest absolute Gasteiger partial charge is 0.481 e. The number of amides is 1. The molecule has 0 aliphatic carbocycles. The van der Waals surface area contributed by atoms with Gasteiger partial charge in [-0.1, -0.05) is 18.2 Å². The molecule has 0 bridgehead atoms. The first-order valence-corrected chi connectivity index (χ1v) is 6.64. The van der Waals surface area contributed by atoms with Crippen molar-refractivity contribution < 1.29 is 9.53 Å². The van der Waals surface area contributed by atoms with Crippen molar-refractivity contribution in [3.8, 4) is 5.75 Å². The SMILES string of the molecule is Cc1nccn1CCNC(=O)[C@H](C)Oc1ccccc1. The average Bonchev–Trinajstić information content (AvgIpc) is 2.85. The van der Waals surface area contributed by atoms with Crippen LogP contribution in [0.15, 0.2) is 42.7 Å². The fourth-order valence-electron chi connectivity index (χ4n) is 1.84. The Bertz CT molecular complexity index is 551. The van der Waals surface area contributed by atoms with Crippen LogP contribution in [0.4, 0.5) is 0 Å². The van der Waals surface area contributed by atoms with Crippen LogP contribution < -0.4 is 10.1 Å². The van der Waals surface area contributed by atoms with E-state index in [9.17, 15) is 4.79 Å². The maximum absolute atomic E-state index is 11.9. The molecular formula is C15H19N3O2. The second kappa shape index (κ2) is 6.75. The Morgan fingerprint density at radius 1 is 1.40 bits per heavy atom. The van der Waals surface area contributed by atoms with Crippen molar-refractivity contribution in [2.45, 2.75) is 26.5 Å². The van der Waals surface area contributed by atoms with Crippen molar-refractivity contribution in [1.82, 2.24) is 14.9 Å². The molecule has 0 radical (unpaired) electrons. The van der Waals surface area contributed by atoms with Gasteiger partial charge in [-0.15, -0.1) is 0 Å². The number of nitrogens with one attached hydrogen (secondary N) is 1. The third kappa shape index (κ3) is 3.85. The van der Waals surface area contributed by atoms with Crippen LogP contribution in [0, 0.1) is 6.92 Å². The standard InChI is InChI=1S/C15H19N3O2/c1-12(20-14-6-4-3-5-7-14)15(19)17-9-11-18-10-8-16-13(18)2/h3-8,10,12H,9,11H2,1-2H3,(H,17,19)/t12-/m0/s1. The molecule has 1 amide bonds. The molecule has 0 spiro atoms. The van der Waals surface area contributed by atoms with Crippen molar-refractivity contribution in [2.75, 3.05) is 6.54 Å². The van der Waals surface area contributed by atoms with E-state index < -0.39 is 6.10 Å². The number of hydrogen-bond acceptors (Lipinski definition) is 3. The van der Waals surface area contributed by atoms with Gasteiger partial charge in [-0.05, 0) is 26.0 Å². The zero-order valence-corrected chi connectivity index (χ0v) is 11.7. The average molecular weight is 273 g/mol. The van der Waals surface area contributed by atoms with Gasteiger partial charge in [-0.3, -0.25) is 4.79 Å². The molecule has 2 rings (SSSR count). The number of carbonyl (C=O) groups is 1. The minimum atomic E-state index is -0.513. The van der Waals surface area contributed by atoms with Gasteiger partial charge < -0.3 is 14.6 Å². The number of ether oxygens (including phenoxy) is 1. The lowest BCUT2D eigenvalue weighted by atomic mass is 10.3. The van der Waals surface area contributed by atoms with Gasteiger partial charge in [-0.25, -0.2) is 4.98 Å².